The zero-order valence-corrected chi connectivity index (χ0v) is 11.1. The quantitative estimate of drug-likeness (QED) is 0.760. The standard InChI is InChI=1S/C10H7BrF6N2O/c11-7-2-1-5(3-6(7)10(15,16)17)19-8(20)18-4-9(12,13)14/h1-3H,4H2,(H2,18,19,20). The molecule has 0 spiro atoms. The number of halogens is 7. The van der Waals surface area contributed by atoms with Crippen LogP contribution in [-0.4, -0.2) is 18.8 Å². The van der Waals surface area contributed by atoms with Crippen LogP contribution in [0.1, 0.15) is 5.56 Å². The summed E-state index contributed by atoms with van der Waals surface area (Å²) in [6, 6.07) is 1.50. The molecule has 1 rings (SSSR count). The van der Waals surface area contributed by atoms with Crippen molar-refractivity contribution in [2.75, 3.05) is 11.9 Å². The number of alkyl halides is 6. The Bertz CT molecular complexity index is 500. The highest BCUT2D eigenvalue weighted by Gasteiger charge is 2.33. The van der Waals surface area contributed by atoms with Gasteiger partial charge in [0.25, 0.3) is 0 Å². The highest BCUT2D eigenvalue weighted by molar-refractivity contribution is 9.10. The van der Waals surface area contributed by atoms with E-state index in [1.807, 2.05) is 5.32 Å². The molecule has 20 heavy (non-hydrogen) atoms. The van der Waals surface area contributed by atoms with Crippen LogP contribution in [-0.2, 0) is 6.18 Å². The van der Waals surface area contributed by atoms with Gasteiger partial charge in [-0.1, -0.05) is 15.9 Å². The maximum absolute atomic E-state index is 12.6. The van der Waals surface area contributed by atoms with Gasteiger partial charge < -0.3 is 10.6 Å². The molecule has 0 heterocycles. The van der Waals surface area contributed by atoms with Gasteiger partial charge in [0.05, 0.1) is 5.56 Å². The monoisotopic (exact) mass is 364 g/mol. The van der Waals surface area contributed by atoms with Gasteiger partial charge in [-0.05, 0) is 18.2 Å². The molecule has 0 aliphatic carbocycles. The lowest BCUT2D eigenvalue weighted by atomic mass is 10.2. The van der Waals surface area contributed by atoms with Gasteiger partial charge in [0, 0.05) is 10.2 Å². The van der Waals surface area contributed by atoms with E-state index in [4.69, 9.17) is 0 Å². The van der Waals surface area contributed by atoms with E-state index >= 15 is 0 Å². The highest BCUT2D eigenvalue weighted by atomic mass is 79.9. The van der Waals surface area contributed by atoms with Gasteiger partial charge in [-0.15, -0.1) is 0 Å². The molecule has 1 aromatic rings. The first-order valence-electron chi connectivity index (χ1n) is 4.97. The van der Waals surface area contributed by atoms with Crippen molar-refractivity contribution < 1.29 is 31.1 Å². The smallest absolute Gasteiger partial charge is 0.329 e. The van der Waals surface area contributed by atoms with Crippen molar-refractivity contribution in [3.63, 3.8) is 0 Å². The number of carbonyl (C=O) groups is 1. The molecule has 0 saturated carbocycles. The maximum atomic E-state index is 12.6. The van der Waals surface area contributed by atoms with Crippen molar-refractivity contribution in [1.29, 1.82) is 0 Å². The van der Waals surface area contributed by atoms with Crippen molar-refractivity contribution in [3.8, 4) is 0 Å². The van der Waals surface area contributed by atoms with Gasteiger partial charge in [-0.25, -0.2) is 4.79 Å². The van der Waals surface area contributed by atoms with Crippen LogP contribution < -0.4 is 10.6 Å². The van der Waals surface area contributed by atoms with Crippen LogP contribution in [0.4, 0.5) is 36.8 Å². The summed E-state index contributed by atoms with van der Waals surface area (Å²) in [5.74, 6) is 0. The number of benzene rings is 1. The zero-order chi connectivity index (χ0) is 15.6. The van der Waals surface area contributed by atoms with Crippen molar-refractivity contribution in [2.45, 2.75) is 12.4 Å². The molecule has 10 heteroatoms. The normalized spacial score (nSPS) is 12.2. The van der Waals surface area contributed by atoms with E-state index in [-0.39, 0.29) is 10.2 Å². The summed E-state index contributed by atoms with van der Waals surface area (Å²) in [5.41, 5.74) is -1.33. The van der Waals surface area contributed by atoms with E-state index in [0.717, 1.165) is 12.1 Å². The molecule has 0 fully saturated rings. The fraction of sp³-hybridized carbons (Fsp3) is 0.300. The van der Waals surface area contributed by atoms with E-state index < -0.39 is 30.5 Å². The average Bonchev–Trinajstić information content (AvgIpc) is 2.27. The number of amides is 2. The number of urea groups is 1. The van der Waals surface area contributed by atoms with Gasteiger partial charge in [-0.3, -0.25) is 0 Å². The van der Waals surface area contributed by atoms with Crippen molar-refractivity contribution >= 4 is 27.6 Å². The minimum absolute atomic E-state index is 0.244. The van der Waals surface area contributed by atoms with Crippen LogP contribution >= 0.6 is 15.9 Å². The Kier molecular flexibility index (Phi) is 4.90. The van der Waals surface area contributed by atoms with Crippen LogP contribution in [0.5, 0.6) is 0 Å². The molecule has 0 aliphatic heterocycles. The second kappa shape index (κ2) is 5.90. The average molecular weight is 365 g/mol. The van der Waals surface area contributed by atoms with Gasteiger partial charge in [0.2, 0.25) is 0 Å². The lowest BCUT2D eigenvalue weighted by Crippen LogP contribution is -2.36. The van der Waals surface area contributed by atoms with Crippen molar-refractivity contribution in [1.82, 2.24) is 5.32 Å². The van der Waals surface area contributed by atoms with Crippen LogP contribution in [0, 0.1) is 0 Å². The second-order valence-electron chi connectivity index (χ2n) is 3.62. The van der Waals surface area contributed by atoms with Crippen LogP contribution in [0.25, 0.3) is 0 Å². The lowest BCUT2D eigenvalue weighted by Gasteiger charge is -2.13. The summed E-state index contributed by atoms with van der Waals surface area (Å²) < 4.78 is 72.9. The maximum Gasteiger partial charge on any atom is 0.417 e. The lowest BCUT2D eigenvalue weighted by molar-refractivity contribution is -0.138. The highest BCUT2D eigenvalue weighted by Crippen LogP contribution is 2.36. The fourth-order valence-electron chi connectivity index (χ4n) is 1.18. The first kappa shape index (κ1) is 16.6. The summed E-state index contributed by atoms with van der Waals surface area (Å²) in [6.45, 7) is -1.58. The molecule has 0 saturated heterocycles. The van der Waals surface area contributed by atoms with E-state index in [1.54, 1.807) is 0 Å². The SMILES string of the molecule is O=C(NCC(F)(F)F)Nc1ccc(Br)c(C(F)(F)F)c1. The van der Waals surface area contributed by atoms with Gasteiger partial charge in [-0.2, -0.15) is 26.3 Å². The molecule has 1 aromatic carbocycles. The molecule has 0 bridgehead atoms. The summed E-state index contributed by atoms with van der Waals surface area (Å²) in [5, 5.41) is 3.36. The third-order valence-electron chi connectivity index (χ3n) is 1.98. The molecule has 0 aromatic heterocycles. The molecular weight excluding hydrogens is 358 g/mol. The topological polar surface area (TPSA) is 41.1 Å². The summed E-state index contributed by atoms with van der Waals surface area (Å²) in [7, 11) is 0. The Morgan fingerprint density at radius 1 is 1.15 bits per heavy atom. The Balaban J connectivity index is 2.77. The van der Waals surface area contributed by atoms with Gasteiger partial charge in [0.15, 0.2) is 0 Å². The largest absolute Gasteiger partial charge is 0.417 e. The number of anilines is 1. The van der Waals surface area contributed by atoms with Crippen molar-refractivity contribution in [2.24, 2.45) is 0 Å². The third kappa shape index (κ3) is 5.27. The summed E-state index contributed by atoms with van der Waals surface area (Å²) in [6.07, 6.45) is -9.26. The number of carbonyl (C=O) groups excluding carboxylic acids is 1. The van der Waals surface area contributed by atoms with E-state index in [0.29, 0.717) is 6.07 Å². The molecule has 0 radical (unpaired) electrons. The van der Waals surface area contributed by atoms with E-state index in [1.165, 1.54) is 5.32 Å². The number of rotatable bonds is 2. The molecule has 0 atom stereocenters. The first-order chi connectivity index (χ1) is 8.99. The summed E-state index contributed by atoms with van der Waals surface area (Å²) in [4.78, 5) is 11.1. The predicted molar refractivity (Wildman–Crippen MR) is 62.2 cm³/mol. The minimum atomic E-state index is -4.65. The summed E-state index contributed by atoms with van der Waals surface area (Å²) >= 11 is 2.69. The molecule has 0 unspecified atom stereocenters. The first-order valence-corrected chi connectivity index (χ1v) is 5.77. The zero-order valence-electron chi connectivity index (χ0n) is 9.49. The molecule has 3 nitrogen and oxygen atoms in total. The second-order valence-corrected chi connectivity index (χ2v) is 4.47. The van der Waals surface area contributed by atoms with Crippen LogP contribution in [0.2, 0.25) is 0 Å². The number of hydrogen-bond acceptors (Lipinski definition) is 1. The van der Waals surface area contributed by atoms with Gasteiger partial charge >= 0.3 is 18.4 Å². The Morgan fingerprint density at radius 2 is 1.75 bits per heavy atom. The van der Waals surface area contributed by atoms with E-state index in [9.17, 15) is 31.1 Å². The predicted octanol–water partition coefficient (Wildman–Crippen LogP) is 4.15. The van der Waals surface area contributed by atoms with Crippen molar-refractivity contribution in [3.05, 3.63) is 28.2 Å². The molecule has 2 amide bonds. The van der Waals surface area contributed by atoms with E-state index in [2.05, 4.69) is 15.9 Å². The molecular formula is C10H7BrF6N2O. The Hall–Kier alpha value is -1.45. The molecule has 112 valence electrons. The van der Waals surface area contributed by atoms with Crippen LogP contribution in [0.15, 0.2) is 22.7 Å². The molecule has 0 aliphatic rings. The van der Waals surface area contributed by atoms with Gasteiger partial charge in [0.1, 0.15) is 6.54 Å². The number of nitrogens with one attached hydrogen (secondary N) is 2. The third-order valence-corrected chi connectivity index (χ3v) is 2.67. The Labute approximate surface area is 117 Å². The van der Waals surface area contributed by atoms with Crippen LogP contribution in [0.3, 0.4) is 0 Å². The minimum Gasteiger partial charge on any atom is -0.329 e. The fourth-order valence-corrected chi connectivity index (χ4v) is 1.65. The number of hydrogen-bond donors (Lipinski definition) is 2. The molecule has 2 N–H and O–H groups in total. The Morgan fingerprint density at radius 3 is 2.25 bits per heavy atom.